The number of hydrogen-bond acceptors (Lipinski definition) is 6. The molecular weight excluding hydrogens is 576 g/mol. The lowest BCUT2D eigenvalue weighted by molar-refractivity contribution is 0.291. The van der Waals surface area contributed by atoms with Crippen molar-refractivity contribution in [2.24, 2.45) is 0 Å². The zero-order valence-electron chi connectivity index (χ0n) is 17.0. The Morgan fingerprint density at radius 2 is 1.17 bits per heavy atom. The van der Waals surface area contributed by atoms with Crippen LogP contribution in [0.3, 0.4) is 0 Å². The number of anilines is 1. The first-order chi connectivity index (χ1) is 13.9. The van der Waals surface area contributed by atoms with Gasteiger partial charge in [0.15, 0.2) is 0 Å². The number of nitrogens with one attached hydrogen (secondary N) is 1. The van der Waals surface area contributed by atoms with E-state index in [9.17, 15) is 0 Å². The van der Waals surface area contributed by atoms with Gasteiger partial charge in [0.25, 0.3) is 0 Å². The highest BCUT2D eigenvalue weighted by Crippen LogP contribution is 2.19. The highest BCUT2D eigenvalue weighted by atomic mass is 79.9. The van der Waals surface area contributed by atoms with E-state index in [1.807, 2.05) is 18.5 Å². The van der Waals surface area contributed by atoms with E-state index in [1.54, 1.807) is 12.4 Å². The summed E-state index contributed by atoms with van der Waals surface area (Å²) in [7, 11) is 4.32. The summed E-state index contributed by atoms with van der Waals surface area (Å²) in [4.78, 5) is 15.1. The number of likely N-dealkylation sites (N-methyl/N-ethyl adjacent to an activating group) is 2. The Balaban J connectivity index is 0.000000241. The minimum atomic E-state index is 0. The summed E-state index contributed by atoms with van der Waals surface area (Å²) in [6.07, 6.45) is 7.23. The smallest absolute Gasteiger partial charge is 0.0564 e. The van der Waals surface area contributed by atoms with Gasteiger partial charge in [-0.3, -0.25) is 9.97 Å². The second-order valence-corrected chi connectivity index (χ2v) is 9.77. The summed E-state index contributed by atoms with van der Waals surface area (Å²) in [6, 6.07) is 4.06. The van der Waals surface area contributed by atoms with Crippen molar-refractivity contribution in [2.75, 3.05) is 71.4 Å². The molecule has 0 spiro atoms. The van der Waals surface area contributed by atoms with Gasteiger partial charge in [0.1, 0.15) is 0 Å². The Labute approximate surface area is 206 Å². The monoisotopic (exact) mass is 606 g/mol. The van der Waals surface area contributed by atoms with E-state index >= 15 is 0 Å². The second kappa shape index (κ2) is 15.3. The van der Waals surface area contributed by atoms with Crippen LogP contribution >= 0.6 is 47.8 Å². The highest BCUT2D eigenvalue weighted by molar-refractivity contribution is 9.11. The number of piperazine rings is 2. The van der Waals surface area contributed by atoms with Crippen molar-refractivity contribution >= 4 is 53.5 Å². The van der Waals surface area contributed by atoms with Gasteiger partial charge in [0.2, 0.25) is 0 Å². The second-order valence-electron chi connectivity index (χ2n) is 7.03. The molecule has 0 unspecified atom stereocenters. The molecule has 0 saturated carbocycles. The quantitative estimate of drug-likeness (QED) is 0.519. The van der Waals surface area contributed by atoms with Crippen LogP contribution in [-0.4, -0.2) is 86.2 Å². The van der Waals surface area contributed by atoms with Crippen LogP contribution in [0.15, 0.2) is 50.3 Å². The lowest BCUT2D eigenvalue weighted by Crippen LogP contribution is -2.44. The third-order valence-corrected chi connectivity index (χ3v) is 5.87. The summed E-state index contributed by atoms with van der Waals surface area (Å²) < 4.78 is 3.03. The maximum Gasteiger partial charge on any atom is 0.0564 e. The average Bonchev–Trinajstić information content (AvgIpc) is 2.70. The van der Waals surface area contributed by atoms with E-state index < -0.39 is 0 Å². The third kappa shape index (κ3) is 11.2. The molecular formula is C21H33Br3N6. The van der Waals surface area contributed by atoms with Crippen LogP contribution in [0.25, 0.3) is 0 Å². The van der Waals surface area contributed by atoms with Crippen LogP contribution in [0.1, 0.15) is 7.43 Å². The molecule has 0 aliphatic carbocycles. The number of nitrogens with zero attached hydrogens (tertiary/aromatic N) is 5. The molecule has 4 rings (SSSR count). The molecule has 1 N–H and O–H groups in total. The summed E-state index contributed by atoms with van der Waals surface area (Å²) >= 11 is 9.98. The van der Waals surface area contributed by atoms with E-state index in [-0.39, 0.29) is 7.43 Å². The van der Waals surface area contributed by atoms with E-state index in [0.29, 0.717) is 0 Å². The molecule has 9 heteroatoms. The average molecular weight is 609 g/mol. The van der Waals surface area contributed by atoms with Crippen molar-refractivity contribution in [3.05, 3.63) is 50.3 Å². The van der Waals surface area contributed by atoms with Gasteiger partial charge in [-0.25, -0.2) is 0 Å². The summed E-state index contributed by atoms with van der Waals surface area (Å²) in [5, 5.41) is 3.27. The first-order valence-corrected chi connectivity index (χ1v) is 12.0. The summed E-state index contributed by atoms with van der Waals surface area (Å²) in [6.45, 7) is 9.19. The fourth-order valence-electron chi connectivity index (χ4n) is 2.80. The Bertz CT molecular complexity index is 702. The predicted octanol–water partition coefficient (Wildman–Crippen LogP) is 4.36. The lowest BCUT2D eigenvalue weighted by atomic mass is 10.3. The molecule has 0 bridgehead atoms. The van der Waals surface area contributed by atoms with Crippen LogP contribution < -0.4 is 10.2 Å². The molecule has 2 aromatic heterocycles. The van der Waals surface area contributed by atoms with Gasteiger partial charge in [0.05, 0.1) is 11.9 Å². The van der Waals surface area contributed by atoms with Gasteiger partial charge < -0.3 is 20.0 Å². The molecule has 168 valence electrons. The first-order valence-electron chi connectivity index (χ1n) is 9.63. The molecule has 0 atom stereocenters. The van der Waals surface area contributed by atoms with Crippen molar-refractivity contribution in [3.63, 3.8) is 0 Å². The van der Waals surface area contributed by atoms with Crippen molar-refractivity contribution in [1.82, 2.24) is 25.1 Å². The Morgan fingerprint density at radius 3 is 1.57 bits per heavy atom. The van der Waals surface area contributed by atoms with Crippen LogP contribution in [0.5, 0.6) is 0 Å². The number of pyridine rings is 2. The molecule has 2 saturated heterocycles. The molecule has 2 fully saturated rings. The van der Waals surface area contributed by atoms with Gasteiger partial charge in [0, 0.05) is 84.4 Å². The van der Waals surface area contributed by atoms with Crippen molar-refractivity contribution in [2.45, 2.75) is 7.43 Å². The Hall–Kier alpha value is -0.580. The third-order valence-electron chi connectivity index (χ3n) is 4.57. The number of halogens is 3. The van der Waals surface area contributed by atoms with E-state index in [4.69, 9.17) is 0 Å². The van der Waals surface area contributed by atoms with Crippen molar-refractivity contribution in [1.29, 1.82) is 0 Å². The molecule has 30 heavy (non-hydrogen) atoms. The maximum absolute atomic E-state index is 4.18. The lowest BCUT2D eigenvalue weighted by Gasteiger charge is -2.33. The molecule has 4 heterocycles. The molecule has 0 amide bonds. The fourth-order valence-corrected chi connectivity index (χ4v) is 4.19. The minimum absolute atomic E-state index is 0. The van der Waals surface area contributed by atoms with Crippen molar-refractivity contribution < 1.29 is 0 Å². The SMILES string of the molecule is Brc1cncc(Br)c1.C.CN1CCN(c2cncc(Br)c2)CC1.CN1CCNCC1. The van der Waals surface area contributed by atoms with Gasteiger partial charge >= 0.3 is 0 Å². The molecule has 2 aliphatic rings. The fraction of sp³-hybridized carbons (Fsp3) is 0.524. The normalized spacial score (nSPS) is 17.0. The van der Waals surface area contributed by atoms with Crippen LogP contribution in [-0.2, 0) is 0 Å². The first kappa shape index (κ1) is 27.5. The van der Waals surface area contributed by atoms with E-state index in [2.05, 4.69) is 97.9 Å². The Kier molecular flexibility index (Phi) is 14.0. The Morgan fingerprint density at radius 1 is 0.700 bits per heavy atom. The minimum Gasteiger partial charge on any atom is -0.368 e. The summed E-state index contributed by atoms with van der Waals surface area (Å²) in [5.74, 6) is 0. The molecule has 2 aromatic rings. The topological polar surface area (TPSA) is 47.5 Å². The van der Waals surface area contributed by atoms with Crippen molar-refractivity contribution in [3.8, 4) is 0 Å². The zero-order valence-corrected chi connectivity index (χ0v) is 21.7. The van der Waals surface area contributed by atoms with Crippen LogP contribution in [0, 0.1) is 0 Å². The molecule has 0 radical (unpaired) electrons. The maximum atomic E-state index is 4.18. The molecule has 2 aliphatic heterocycles. The van der Waals surface area contributed by atoms with Crippen LogP contribution in [0.2, 0.25) is 0 Å². The molecule has 0 aromatic carbocycles. The van der Waals surface area contributed by atoms with Gasteiger partial charge in [-0.05, 0) is 74.0 Å². The predicted molar refractivity (Wildman–Crippen MR) is 138 cm³/mol. The van der Waals surface area contributed by atoms with Gasteiger partial charge in [-0.2, -0.15) is 0 Å². The summed E-state index contributed by atoms with van der Waals surface area (Å²) in [5.41, 5.74) is 1.22. The standard InChI is InChI=1S/C10H14BrN3.C5H3Br2N.C5H12N2.CH4/c1-13-2-4-14(5-3-13)10-6-9(11)7-12-8-10;6-4-1-5(7)3-8-2-4;1-7-4-2-6-3-5-7;/h6-8H,2-5H2,1H3;1-3H;6H,2-5H2,1H3;1H4. The van der Waals surface area contributed by atoms with E-state index in [0.717, 1.165) is 52.7 Å². The van der Waals surface area contributed by atoms with Gasteiger partial charge in [-0.15, -0.1) is 0 Å². The van der Waals surface area contributed by atoms with E-state index in [1.165, 1.54) is 18.8 Å². The number of hydrogen-bond donors (Lipinski definition) is 1. The molecule has 6 nitrogen and oxygen atoms in total. The largest absolute Gasteiger partial charge is 0.368 e. The zero-order chi connectivity index (χ0) is 21.1. The highest BCUT2D eigenvalue weighted by Gasteiger charge is 2.14. The van der Waals surface area contributed by atoms with Crippen LogP contribution in [0.4, 0.5) is 5.69 Å². The van der Waals surface area contributed by atoms with Gasteiger partial charge in [-0.1, -0.05) is 7.43 Å². The number of aromatic nitrogens is 2. The number of rotatable bonds is 1.